The van der Waals surface area contributed by atoms with Gasteiger partial charge < -0.3 is 20.5 Å². The van der Waals surface area contributed by atoms with E-state index in [0.29, 0.717) is 11.4 Å². The van der Waals surface area contributed by atoms with Gasteiger partial charge in [-0.05, 0) is 23.1 Å². The van der Waals surface area contributed by atoms with E-state index in [2.05, 4.69) is 27.3 Å². The van der Waals surface area contributed by atoms with Gasteiger partial charge in [-0.2, -0.15) is 0 Å². The second-order valence-electron chi connectivity index (χ2n) is 7.25. The van der Waals surface area contributed by atoms with Crippen LogP contribution in [0, 0.1) is 0 Å². The van der Waals surface area contributed by atoms with Gasteiger partial charge in [0.05, 0.1) is 18.8 Å². The number of hydrogen-bond donors (Lipinski definition) is 2. The van der Waals surface area contributed by atoms with Crippen LogP contribution in [0.15, 0.2) is 54.7 Å². The molecule has 0 radical (unpaired) electrons. The van der Waals surface area contributed by atoms with E-state index in [-0.39, 0.29) is 0 Å². The molecule has 4 rings (SSSR count). The van der Waals surface area contributed by atoms with Crippen molar-refractivity contribution < 1.29 is 14.3 Å². The lowest BCUT2D eigenvalue weighted by molar-refractivity contribution is 0.0384. The number of amides is 1. The molecular weight excluding hydrogens is 380 g/mol. The van der Waals surface area contributed by atoms with Crippen LogP contribution < -0.4 is 15.8 Å². The lowest BCUT2D eigenvalue weighted by Gasteiger charge is -2.26. The molecule has 7 heteroatoms. The first-order chi connectivity index (χ1) is 14.7. The molecule has 156 valence electrons. The predicted molar refractivity (Wildman–Crippen MR) is 116 cm³/mol. The summed E-state index contributed by atoms with van der Waals surface area (Å²) < 4.78 is 11.4. The number of nitrogens with zero attached hydrogens (tertiary/aromatic N) is 2. The van der Waals surface area contributed by atoms with Crippen molar-refractivity contribution in [3.8, 4) is 11.6 Å². The van der Waals surface area contributed by atoms with E-state index in [0.717, 1.165) is 62.5 Å². The van der Waals surface area contributed by atoms with Gasteiger partial charge in [0.1, 0.15) is 5.75 Å². The first-order valence-electron chi connectivity index (χ1n) is 10.2. The molecule has 3 aromatic rings. The minimum Gasteiger partial charge on any atom is -0.438 e. The third-order valence-corrected chi connectivity index (χ3v) is 5.23. The number of nitrogens with two attached hydrogens (primary N) is 1. The number of hydrogen-bond acceptors (Lipinski definition) is 6. The molecule has 7 nitrogen and oxygen atoms in total. The van der Waals surface area contributed by atoms with Gasteiger partial charge in [0.25, 0.3) is 0 Å². The molecule has 1 saturated heterocycles. The van der Waals surface area contributed by atoms with Crippen LogP contribution in [0.5, 0.6) is 11.6 Å². The highest BCUT2D eigenvalue weighted by Crippen LogP contribution is 2.31. The highest BCUT2D eigenvalue weighted by molar-refractivity contribution is 5.92. The van der Waals surface area contributed by atoms with Crippen molar-refractivity contribution in [2.45, 2.75) is 6.54 Å². The molecule has 30 heavy (non-hydrogen) atoms. The molecule has 0 spiro atoms. The van der Waals surface area contributed by atoms with Crippen LogP contribution in [0.25, 0.3) is 10.8 Å². The standard InChI is InChI=1S/C23H26N4O3/c24-23(28)18-6-8-22(26-16-18)30-21-7-5-17(19-3-1-2-4-20(19)21)15-25-9-10-27-11-13-29-14-12-27/h1-8,16,25H,9-15H2,(H2,24,28). The molecule has 0 atom stereocenters. The Morgan fingerprint density at radius 2 is 1.90 bits per heavy atom. The number of benzene rings is 2. The quantitative estimate of drug-likeness (QED) is 0.559. The van der Waals surface area contributed by atoms with Gasteiger partial charge in [0.15, 0.2) is 0 Å². The van der Waals surface area contributed by atoms with E-state index in [4.69, 9.17) is 15.2 Å². The van der Waals surface area contributed by atoms with E-state index < -0.39 is 5.91 Å². The summed E-state index contributed by atoms with van der Waals surface area (Å²) >= 11 is 0. The summed E-state index contributed by atoms with van der Waals surface area (Å²) in [6.45, 7) is 6.41. The highest BCUT2D eigenvalue weighted by Gasteiger charge is 2.11. The molecule has 2 heterocycles. The second-order valence-corrected chi connectivity index (χ2v) is 7.25. The summed E-state index contributed by atoms with van der Waals surface area (Å²) in [5.41, 5.74) is 6.84. The monoisotopic (exact) mass is 406 g/mol. The summed E-state index contributed by atoms with van der Waals surface area (Å²) in [5, 5.41) is 5.71. The summed E-state index contributed by atoms with van der Waals surface area (Å²) in [6, 6.07) is 15.5. The third-order valence-electron chi connectivity index (χ3n) is 5.23. The highest BCUT2D eigenvalue weighted by atomic mass is 16.5. The number of carbonyl (C=O) groups excluding carboxylic acids is 1. The van der Waals surface area contributed by atoms with Crippen molar-refractivity contribution in [2.24, 2.45) is 5.73 Å². The second kappa shape index (κ2) is 9.67. The maximum atomic E-state index is 11.2. The number of primary amides is 1. The molecule has 3 N–H and O–H groups in total. The van der Waals surface area contributed by atoms with Crippen LogP contribution in [-0.4, -0.2) is 55.2 Å². The summed E-state index contributed by atoms with van der Waals surface area (Å²) in [5.74, 6) is 0.633. The van der Waals surface area contributed by atoms with Gasteiger partial charge in [-0.15, -0.1) is 0 Å². The van der Waals surface area contributed by atoms with Crippen LogP contribution in [0.4, 0.5) is 0 Å². The van der Waals surface area contributed by atoms with Gasteiger partial charge in [0, 0.05) is 50.4 Å². The van der Waals surface area contributed by atoms with Gasteiger partial charge in [-0.3, -0.25) is 9.69 Å². The molecule has 1 fully saturated rings. The van der Waals surface area contributed by atoms with Gasteiger partial charge >= 0.3 is 0 Å². The third kappa shape index (κ3) is 4.94. The Morgan fingerprint density at radius 3 is 2.63 bits per heavy atom. The Bertz CT molecular complexity index is 1000. The van der Waals surface area contributed by atoms with Crippen molar-refractivity contribution in [3.05, 3.63) is 65.9 Å². The number of pyridine rings is 1. The van der Waals surface area contributed by atoms with Crippen LogP contribution in [-0.2, 0) is 11.3 Å². The van der Waals surface area contributed by atoms with Gasteiger partial charge in [0.2, 0.25) is 11.8 Å². The number of aromatic nitrogens is 1. The van der Waals surface area contributed by atoms with E-state index in [9.17, 15) is 4.79 Å². The number of fused-ring (bicyclic) bond motifs is 1. The Hall–Kier alpha value is -3.00. The zero-order chi connectivity index (χ0) is 20.8. The van der Waals surface area contributed by atoms with Crippen molar-refractivity contribution in [1.29, 1.82) is 0 Å². The zero-order valence-electron chi connectivity index (χ0n) is 16.8. The van der Waals surface area contributed by atoms with Crippen LogP contribution in [0.2, 0.25) is 0 Å². The molecule has 0 saturated carbocycles. The van der Waals surface area contributed by atoms with Crippen molar-refractivity contribution >= 4 is 16.7 Å². The molecule has 1 aliphatic heterocycles. The maximum Gasteiger partial charge on any atom is 0.250 e. The lowest BCUT2D eigenvalue weighted by atomic mass is 10.0. The Labute approximate surface area is 175 Å². The Balaban J connectivity index is 1.43. The zero-order valence-corrected chi connectivity index (χ0v) is 16.8. The van der Waals surface area contributed by atoms with Gasteiger partial charge in [-0.25, -0.2) is 4.98 Å². The molecule has 0 unspecified atom stereocenters. The number of ether oxygens (including phenoxy) is 2. The number of morpholine rings is 1. The SMILES string of the molecule is NC(=O)c1ccc(Oc2ccc(CNCCN3CCOCC3)c3ccccc23)nc1. The average Bonchev–Trinajstić information content (AvgIpc) is 2.79. The number of carbonyl (C=O) groups is 1. The Kier molecular flexibility index (Phi) is 6.53. The fourth-order valence-electron chi connectivity index (χ4n) is 3.56. The maximum absolute atomic E-state index is 11.2. The van der Waals surface area contributed by atoms with Gasteiger partial charge in [-0.1, -0.05) is 30.3 Å². The minimum atomic E-state index is -0.509. The molecule has 0 aliphatic carbocycles. The van der Waals surface area contributed by atoms with E-state index in [1.54, 1.807) is 12.1 Å². The topological polar surface area (TPSA) is 89.7 Å². The van der Waals surface area contributed by atoms with Crippen molar-refractivity contribution in [1.82, 2.24) is 15.2 Å². The van der Waals surface area contributed by atoms with Crippen LogP contribution in [0.1, 0.15) is 15.9 Å². The fourth-order valence-corrected chi connectivity index (χ4v) is 3.56. The molecular formula is C23H26N4O3. The van der Waals surface area contributed by atoms with Crippen molar-refractivity contribution in [3.63, 3.8) is 0 Å². The summed E-state index contributed by atoms with van der Waals surface area (Å²) in [6.07, 6.45) is 1.42. The van der Waals surface area contributed by atoms with E-state index >= 15 is 0 Å². The molecule has 1 aromatic heterocycles. The normalized spacial score (nSPS) is 14.7. The van der Waals surface area contributed by atoms with Crippen LogP contribution >= 0.6 is 0 Å². The van der Waals surface area contributed by atoms with E-state index in [1.165, 1.54) is 11.8 Å². The number of rotatable bonds is 8. The number of nitrogens with one attached hydrogen (secondary N) is 1. The van der Waals surface area contributed by atoms with Crippen molar-refractivity contribution in [2.75, 3.05) is 39.4 Å². The molecule has 1 aliphatic rings. The first-order valence-corrected chi connectivity index (χ1v) is 10.2. The smallest absolute Gasteiger partial charge is 0.250 e. The molecule has 1 amide bonds. The summed E-state index contributed by atoms with van der Waals surface area (Å²) in [4.78, 5) is 17.8. The minimum absolute atomic E-state index is 0.353. The molecule has 2 aromatic carbocycles. The summed E-state index contributed by atoms with van der Waals surface area (Å²) in [7, 11) is 0. The lowest BCUT2D eigenvalue weighted by Crippen LogP contribution is -2.40. The van der Waals surface area contributed by atoms with E-state index in [1.807, 2.05) is 24.3 Å². The molecule has 0 bridgehead atoms. The predicted octanol–water partition coefficient (Wildman–Crippen LogP) is 2.55. The first kappa shape index (κ1) is 20.3. The Morgan fingerprint density at radius 1 is 1.10 bits per heavy atom. The van der Waals surface area contributed by atoms with Crippen LogP contribution in [0.3, 0.4) is 0 Å². The fraction of sp³-hybridized carbons (Fsp3) is 0.304. The largest absolute Gasteiger partial charge is 0.438 e. The average molecular weight is 406 g/mol.